The largest absolute Gasteiger partial charge is 0.406 e. The van der Waals surface area contributed by atoms with Crippen molar-refractivity contribution in [2.45, 2.75) is 6.61 Å². The summed E-state index contributed by atoms with van der Waals surface area (Å²) in [6.45, 7) is 0.0537. The van der Waals surface area contributed by atoms with Crippen LogP contribution < -0.4 is 15.7 Å². The van der Waals surface area contributed by atoms with E-state index in [4.69, 9.17) is 16.4 Å². The van der Waals surface area contributed by atoms with Crippen molar-refractivity contribution in [3.63, 3.8) is 0 Å². The Morgan fingerprint density at radius 1 is 1.11 bits per heavy atom. The number of anilines is 1. The average Bonchev–Trinajstić information content (AvgIpc) is 2.63. The lowest BCUT2D eigenvalue weighted by Crippen LogP contribution is -2.32. The van der Waals surface area contributed by atoms with E-state index in [1.807, 2.05) is 0 Å². The summed E-state index contributed by atoms with van der Waals surface area (Å²) in [5.74, 6) is -2.56. The van der Waals surface area contributed by atoms with Crippen LogP contribution in [0.2, 0.25) is 5.02 Å². The first-order valence-electron chi connectivity index (χ1n) is 7.80. The predicted molar refractivity (Wildman–Crippen MR) is 96.7 cm³/mol. The maximum Gasteiger partial charge on any atom is 0.295 e. The molecule has 0 fully saturated rings. The number of amides is 1. The van der Waals surface area contributed by atoms with Crippen molar-refractivity contribution in [1.82, 2.24) is 4.73 Å². The van der Waals surface area contributed by atoms with Gasteiger partial charge in [0.05, 0.1) is 5.69 Å². The molecule has 0 saturated heterocycles. The molecule has 27 heavy (non-hydrogen) atoms. The smallest absolute Gasteiger partial charge is 0.295 e. The molecule has 3 rings (SSSR count). The first-order valence-corrected chi connectivity index (χ1v) is 8.17. The van der Waals surface area contributed by atoms with Crippen molar-refractivity contribution in [1.29, 1.82) is 0 Å². The summed E-state index contributed by atoms with van der Waals surface area (Å²) in [7, 11) is 0. The van der Waals surface area contributed by atoms with Gasteiger partial charge >= 0.3 is 0 Å². The van der Waals surface area contributed by atoms with Gasteiger partial charge in [-0.3, -0.25) is 9.59 Å². The fraction of sp³-hybridized carbons (Fsp3) is 0.0526. The molecule has 1 N–H and O–H groups in total. The standard InChI is InChI=1S/C19H13ClF2N2O3/c20-13-4-1-3-12(9-13)11-27-24-8-2-5-15(19(24)26)18(25)23-17-7-6-14(21)10-16(17)22/h1-10H,11H2,(H,23,25). The van der Waals surface area contributed by atoms with Crippen LogP contribution in [0.1, 0.15) is 15.9 Å². The minimum Gasteiger partial charge on any atom is -0.406 e. The number of nitrogens with zero attached hydrogens (tertiary/aromatic N) is 1. The highest BCUT2D eigenvalue weighted by molar-refractivity contribution is 6.30. The summed E-state index contributed by atoms with van der Waals surface area (Å²) in [5.41, 5.74) is -0.486. The zero-order chi connectivity index (χ0) is 19.4. The van der Waals surface area contributed by atoms with Crippen molar-refractivity contribution in [2.24, 2.45) is 0 Å². The topological polar surface area (TPSA) is 60.3 Å². The Balaban J connectivity index is 1.77. The maximum absolute atomic E-state index is 13.7. The van der Waals surface area contributed by atoms with Gasteiger partial charge in [-0.1, -0.05) is 23.7 Å². The van der Waals surface area contributed by atoms with E-state index in [-0.39, 0.29) is 17.9 Å². The molecule has 2 aromatic carbocycles. The molecular weight excluding hydrogens is 378 g/mol. The van der Waals surface area contributed by atoms with E-state index in [1.54, 1.807) is 24.3 Å². The van der Waals surface area contributed by atoms with Crippen molar-refractivity contribution < 1.29 is 18.4 Å². The van der Waals surface area contributed by atoms with E-state index < -0.39 is 23.1 Å². The van der Waals surface area contributed by atoms with Gasteiger partial charge in [-0.2, -0.15) is 4.73 Å². The fourth-order valence-corrected chi connectivity index (χ4v) is 2.51. The van der Waals surface area contributed by atoms with E-state index in [0.717, 1.165) is 22.4 Å². The van der Waals surface area contributed by atoms with Crippen LogP contribution in [-0.4, -0.2) is 10.6 Å². The van der Waals surface area contributed by atoms with Crippen LogP contribution >= 0.6 is 11.6 Å². The summed E-state index contributed by atoms with van der Waals surface area (Å²) >= 11 is 5.89. The highest BCUT2D eigenvalue weighted by atomic mass is 35.5. The van der Waals surface area contributed by atoms with E-state index in [2.05, 4.69) is 5.32 Å². The number of carbonyl (C=O) groups is 1. The number of benzene rings is 2. The maximum atomic E-state index is 13.7. The zero-order valence-electron chi connectivity index (χ0n) is 13.8. The third-order valence-electron chi connectivity index (χ3n) is 3.60. The monoisotopic (exact) mass is 390 g/mol. The second-order valence-corrected chi connectivity index (χ2v) is 5.97. The Hall–Kier alpha value is -3.19. The van der Waals surface area contributed by atoms with Crippen LogP contribution in [0.4, 0.5) is 14.5 Å². The molecule has 0 aliphatic heterocycles. The zero-order valence-corrected chi connectivity index (χ0v) is 14.5. The molecule has 5 nitrogen and oxygen atoms in total. The van der Waals surface area contributed by atoms with E-state index >= 15 is 0 Å². The minimum absolute atomic E-state index is 0.0537. The van der Waals surface area contributed by atoms with Gasteiger partial charge in [0.25, 0.3) is 11.5 Å². The van der Waals surface area contributed by atoms with E-state index in [1.165, 1.54) is 18.3 Å². The Kier molecular flexibility index (Phi) is 5.52. The normalized spacial score (nSPS) is 10.5. The Labute approximate surface area is 157 Å². The molecule has 138 valence electrons. The van der Waals surface area contributed by atoms with Crippen molar-refractivity contribution >= 4 is 23.2 Å². The van der Waals surface area contributed by atoms with Crippen LogP contribution in [0.25, 0.3) is 0 Å². The Morgan fingerprint density at radius 2 is 1.93 bits per heavy atom. The summed E-state index contributed by atoms with van der Waals surface area (Å²) in [4.78, 5) is 30.1. The summed E-state index contributed by atoms with van der Waals surface area (Å²) < 4.78 is 27.5. The van der Waals surface area contributed by atoms with Crippen LogP contribution in [0.5, 0.6) is 0 Å². The first-order chi connectivity index (χ1) is 12.9. The number of nitrogens with one attached hydrogen (secondary N) is 1. The highest BCUT2D eigenvalue weighted by Gasteiger charge is 2.15. The number of carbonyl (C=O) groups excluding carboxylic acids is 1. The quantitative estimate of drug-likeness (QED) is 0.723. The molecule has 1 aromatic heterocycles. The number of rotatable bonds is 5. The molecule has 0 bridgehead atoms. The molecule has 0 radical (unpaired) electrons. The molecule has 0 spiro atoms. The van der Waals surface area contributed by atoms with Crippen LogP contribution in [0, 0.1) is 11.6 Å². The predicted octanol–water partition coefficient (Wildman–Crippen LogP) is 3.66. The number of halogens is 3. The lowest BCUT2D eigenvalue weighted by Gasteiger charge is -2.11. The molecule has 3 aromatic rings. The average molecular weight is 391 g/mol. The van der Waals surface area contributed by atoms with Gasteiger partial charge in [-0.25, -0.2) is 8.78 Å². The number of hydrogen-bond acceptors (Lipinski definition) is 3. The highest BCUT2D eigenvalue weighted by Crippen LogP contribution is 2.15. The second kappa shape index (κ2) is 8.01. The Morgan fingerprint density at radius 3 is 2.67 bits per heavy atom. The minimum atomic E-state index is -0.947. The molecule has 0 atom stereocenters. The Bertz CT molecular complexity index is 1050. The summed E-state index contributed by atoms with van der Waals surface area (Å²) in [6.07, 6.45) is 1.35. The molecule has 0 saturated carbocycles. The molecule has 1 amide bonds. The van der Waals surface area contributed by atoms with Gasteiger partial charge in [-0.15, -0.1) is 0 Å². The number of pyridine rings is 1. The van der Waals surface area contributed by atoms with Crippen molar-refractivity contribution in [3.8, 4) is 0 Å². The molecule has 0 aliphatic rings. The van der Waals surface area contributed by atoms with Gasteiger partial charge in [0.2, 0.25) is 0 Å². The first kappa shape index (κ1) is 18.6. The van der Waals surface area contributed by atoms with Crippen LogP contribution in [0.15, 0.2) is 65.6 Å². The van der Waals surface area contributed by atoms with Gasteiger partial charge < -0.3 is 10.2 Å². The second-order valence-electron chi connectivity index (χ2n) is 5.53. The van der Waals surface area contributed by atoms with Gasteiger partial charge in [0.15, 0.2) is 0 Å². The van der Waals surface area contributed by atoms with Crippen molar-refractivity contribution in [3.05, 3.63) is 98.9 Å². The SMILES string of the molecule is O=C(Nc1ccc(F)cc1F)c1cccn(OCc2cccc(Cl)c2)c1=O. The van der Waals surface area contributed by atoms with Gasteiger partial charge in [0, 0.05) is 17.3 Å². The van der Waals surface area contributed by atoms with E-state index in [0.29, 0.717) is 11.1 Å². The summed E-state index contributed by atoms with van der Waals surface area (Å²) in [5, 5.41) is 2.76. The third kappa shape index (κ3) is 4.51. The van der Waals surface area contributed by atoms with Gasteiger partial charge in [0.1, 0.15) is 23.8 Å². The van der Waals surface area contributed by atoms with Gasteiger partial charge in [-0.05, 0) is 42.0 Å². The van der Waals surface area contributed by atoms with Crippen LogP contribution in [0.3, 0.4) is 0 Å². The lowest BCUT2D eigenvalue weighted by molar-refractivity contribution is 0.0863. The van der Waals surface area contributed by atoms with Crippen molar-refractivity contribution in [2.75, 3.05) is 5.32 Å². The molecule has 0 unspecified atom stereocenters. The van der Waals surface area contributed by atoms with Crippen LogP contribution in [-0.2, 0) is 6.61 Å². The third-order valence-corrected chi connectivity index (χ3v) is 3.83. The molecule has 8 heteroatoms. The number of aromatic nitrogens is 1. The van der Waals surface area contributed by atoms with E-state index in [9.17, 15) is 18.4 Å². The molecule has 0 aliphatic carbocycles. The molecule has 1 heterocycles. The lowest BCUT2D eigenvalue weighted by atomic mass is 10.2. The number of hydrogen-bond donors (Lipinski definition) is 1. The fourth-order valence-electron chi connectivity index (χ4n) is 2.30. The summed E-state index contributed by atoms with van der Waals surface area (Å²) in [6, 6.07) is 12.3. The molecular formula is C19H13ClF2N2O3.